The third kappa shape index (κ3) is 4.43. The van der Waals surface area contributed by atoms with Gasteiger partial charge in [0.15, 0.2) is 0 Å². The van der Waals surface area contributed by atoms with Crippen molar-refractivity contribution in [2.75, 3.05) is 25.4 Å². The Balaban J connectivity index is 2.54. The van der Waals surface area contributed by atoms with Crippen LogP contribution in [0.3, 0.4) is 0 Å². The Morgan fingerprint density at radius 3 is 2.65 bits per heavy atom. The van der Waals surface area contributed by atoms with Crippen molar-refractivity contribution < 1.29 is 5.11 Å². The first-order valence-electron chi connectivity index (χ1n) is 5.68. The molecule has 1 rings (SSSR count). The highest BCUT2D eigenvalue weighted by molar-refractivity contribution is 7.99. The second kappa shape index (κ2) is 7.87. The predicted molar refractivity (Wildman–Crippen MR) is 71.5 cm³/mol. The number of aliphatic hydroxyl groups is 1. The van der Waals surface area contributed by atoms with Gasteiger partial charge in [-0.25, -0.2) is 9.97 Å². The number of halogens is 1. The number of hydrogen-bond donors (Lipinski definition) is 1. The molecule has 0 saturated heterocycles. The van der Waals surface area contributed by atoms with E-state index in [1.54, 1.807) is 11.8 Å². The maximum atomic E-state index is 9.21. The molecule has 0 bridgehead atoms. The summed E-state index contributed by atoms with van der Waals surface area (Å²) in [5.74, 6) is 0.933. The molecule has 1 aromatic heterocycles. The van der Waals surface area contributed by atoms with E-state index in [1.165, 1.54) is 6.33 Å². The minimum absolute atomic E-state index is 0.118. The average Bonchev–Trinajstić information content (AvgIpc) is 2.35. The van der Waals surface area contributed by atoms with Crippen molar-refractivity contribution >= 4 is 23.4 Å². The lowest BCUT2D eigenvalue weighted by molar-refractivity contribution is 0.277. The fourth-order valence-electron chi connectivity index (χ4n) is 1.44. The molecule has 0 aliphatic rings. The largest absolute Gasteiger partial charge is 0.391 e. The first-order chi connectivity index (χ1) is 8.22. The van der Waals surface area contributed by atoms with E-state index in [9.17, 15) is 5.11 Å². The number of thioether (sulfide) groups is 1. The normalized spacial score (nSPS) is 11.1. The average molecular weight is 276 g/mol. The molecule has 0 saturated carbocycles. The van der Waals surface area contributed by atoms with Crippen molar-refractivity contribution in [1.29, 1.82) is 0 Å². The monoisotopic (exact) mass is 275 g/mol. The SMILES string of the molecule is CCN(CC)CCSc1ncnc(Cl)c1CO. The fraction of sp³-hybridized carbons (Fsp3) is 0.636. The van der Waals surface area contributed by atoms with Gasteiger partial charge in [-0.1, -0.05) is 25.4 Å². The number of hydrogen-bond acceptors (Lipinski definition) is 5. The van der Waals surface area contributed by atoms with Gasteiger partial charge in [0.2, 0.25) is 0 Å². The second-order valence-electron chi connectivity index (χ2n) is 3.48. The summed E-state index contributed by atoms with van der Waals surface area (Å²) in [6, 6.07) is 0. The quantitative estimate of drug-likeness (QED) is 0.610. The van der Waals surface area contributed by atoms with Gasteiger partial charge in [-0.15, -0.1) is 11.8 Å². The van der Waals surface area contributed by atoms with Crippen LogP contribution in [0.5, 0.6) is 0 Å². The van der Waals surface area contributed by atoms with Crippen LogP contribution in [0.4, 0.5) is 0 Å². The van der Waals surface area contributed by atoms with E-state index in [0.717, 1.165) is 30.4 Å². The summed E-state index contributed by atoms with van der Waals surface area (Å²) < 4.78 is 0. The Bertz CT molecular complexity index is 347. The van der Waals surface area contributed by atoms with E-state index in [1.807, 2.05) is 0 Å². The first kappa shape index (κ1) is 14.7. The van der Waals surface area contributed by atoms with Crippen LogP contribution in [0, 0.1) is 0 Å². The summed E-state index contributed by atoms with van der Waals surface area (Å²) in [5.41, 5.74) is 0.624. The molecule has 0 spiro atoms. The minimum atomic E-state index is -0.118. The Labute approximate surface area is 111 Å². The molecule has 1 heterocycles. The number of rotatable bonds is 7. The Hall–Kier alpha value is -0.360. The highest BCUT2D eigenvalue weighted by Gasteiger charge is 2.09. The van der Waals surface area contributed by atoms with Gasteiger partial charge in [-0.3, -0.25) is 0 Å². The van der Waals surface area contributed by atoms with Crippen LogP contribution in [-0.4, -0.2) is 45.4 Å². The van der Waals surface area contributed by atoms with Gasteiger partial charge in [0, 0.05) is 17.9 Å². The van der Waals surface area contributed by atoms with Gasteiger partial charge in [0.25, 0.3) is 0 Å². The van der Waals surface area contributed by atoms with E-state index in [2.05, 4.69) is 28.7 Å². The molecule has 0 atom stereocenters. The van der Waals surface area contributed by atoms with Crippen molar-refractivity contribution in [1.82, 2.24) is 14.9 Å². The molecule has 1 aromatic rings. The standard InChI is InChI=1S/C11H18ClN3OS/c1-3-15(4-2)5-6-17-11-9(7-16)10(12)13-8-14-11/h8,16H,3-7H2,1-2H3. The Morgan fingerprint density at radius 2 is 2.06 bits per heavy atom. The Kier molecular flexibility index (Phi) is 6.80. The van der Waals surface area contributed by atoms with E-state index in [0.29, 0.717) is 10.7 Å². The molecule has 96 valence electrons. The third-order valence-corrected chi connectivity index (χ3v) is 3.89. The van der Waals surface area contributed by atoms with Gasteiger partial charge in [-0.2, -0.15) is 0 Å². The third-order valence-electron chi connectivity index (χ3n) is 2.55. The summed E-state index contributed by atoms with van der Waals surface area (Å²) in [6.45, 7) is 7.28. The summed E-state index contributed by atoms with van der Waals surface area (Å²) in [4.78, 5) is 10.3. The molecule has 0 aromatic carbocycles. The zero-order chi connectivity index (χ0) is 12.7. The maximum Gasteiger partial charge on any atom is 0.139 e. The highest BCUT2D eigenvalue weighted by Crippen LogP contribution is 2.24. The lowest BCUT2D eigenvalue weighted by atomic mass is 10.4. The van der Waals surface area contributed by atoms with Crippen LogP contribution in [-0.2, 0) is 6.61 Å². The maximum absolute atomic E-state index is 9.21. The molecule has 0 aliphatic heterocycles. The lowest BCUT2D eigenvalue weighted by Crippen LogP contribution is -2.25. The summed E-state index contributed by atoms with van der Waals surface area (Å²) >= 11 is 7.50. The number of aromatic nitrogens is 2. The molecule has 0 aliphatic carbocycles. The van der Waals surface area contributed by atoms with Crippen molar-refractivity contribution in [2.45, 2.75) is 25.5 Å². The van der Waals surface area contributed by atoms with Gasteiger partial charge >= 0.3 is 0 Å². The van der Waals surface area contributed by atoms with E-state index in [-0.39, 0.29) is 6.61 Å². The van der Waals surface area contributed by atoms with Crippen molar-refractivity contribution in [3.05, 3.63) is 17.0 Å². The minimum Gasteiger partial charge on any atom is -0.391 e. The van der Waals surface area contributed by atoms with Gasteiger partial charge < -0.3 is 10.0 Å². The topological polar surface area (TPSA) is 49.2 Å². The van der Waals surface area contributed by atoms with Crippen molar-refractivity contribution in [3.8, 4) is 0 Å². The summed E-state index contributed by atoms with van der Waals surface area (Å²) in [7, 11) is 0. The van der Waals surface area contributed by atoms with Crippen molar-refractivity contribution in [2.24, 2.45) is 0 Å². The number of nitrogens with zero attached hydrogens (tertiary/aromatic N) is 3. The predicted octanol–water partition coefficient (Wildman–Crippen LogP) is 2.06. The molecular weight excluding hydrogens is 258 g/mol. The zero-order valence-corrected chi connectivity index (χ0v) is 11.8. The lowest BCUT2D eigenvalue weighted by Gasteiger charge is -2.17. The molecule has 0 radical (unpaired) electrons. The zero-order valence-electron chi connectivity index (χ0n) is 10.2. The smallest absolute Gasteiger partial charge is 0.139 e. The summed E-state index contributed by atoms with van der Waals surface area (Å²) in [5, 5.41) is 10.3. The molecule has 0 fully saturated rings. The van der Waals surface area contributed by atoms with Crippen LogP contribution in [0.1, 0.15) is 19.4 Å². The van der Waals surface area contributed by atoms with Gasteiger partial charge in [0.1, 0.15) is 16.5 Å². The molecule has 0 unspecified atom stereocenters. The van der Waals surface area contributed by atoms with Gasteiger partial charge in [-0.05, 0) is 13.1 Å². The van der Waals surface area contributed by atoms with E-state index in [4.69, 9.17) is 11.6 Å². The summed E-state index contributed by atoms with van der Waals surface area (Å²) in [6.07, 6.45) is 1.43. The highest BCUT2D eigenvalue weighted by atomic mass is 35.5. The molecule has 1 N–H and O–H groups in total. The van der Waals surface area contributed by atoms with Crippen LogP contribution in [0.25, 0.3) is 0 Å². The van der Waals surface area contributed by atoms with Crippen LogP contribution < -0.4 is 0 Å². The van der Waals surface area contributed by atoms with E-state index < -0.39 is 0 Å². The molecule has 0 amide bonds. The first-order valence-corrected chi connectivity index (χ1v) is 7.04. The molecule has 4 nitrogen and oxygen atoms in total. The second-order valence-corrected chi connectivity index (χ2v) is 4.92. The van der Waals surface area contributed by atoms with E-state index >= 15 is 0 Å². The fourth-order valence-corrected chi connectivity index (χ4v) is 2.69. The molecule has 17 heavy (non-hydrogen) atoms. The van der Waals surface area contributed by atoms with Crippen LogP contribution in [0.2, 0.25) is 5.15 Å². The van der Waals surface area contributed by atoms with Crippen LogP contribution >= 0.6 is 23.4 Å². The van der Waals surface area contributed by atoms with Crippen molar-refractivity contribution in [3.63, 3.8) is 0 Å². The molecule has 6 heteroatoms. The van der Waals surface area contributed by atoms with Crippen LogP contribution in [0.15, 0.2) is 11.4 Å². The number of aliphatic hydroxyl groups excluding tert-OH is 1. The Morgan fingerprint density at radius 1 is 1.35 bits per heavy atom. The van der Waals surface area contributed by atoms with Gasteiger partial charge in [0.05, 0.1) is 6.61 Å². The molecular formula is C11H18ClN3OS.